The van der Waals surface area contributed by atoms with Gasteiger partial charge in [0.25, 0.3) is 5.95 Å². The zero-order valence-corrected chi connectivity index (χ0v) is 16.8. The molecule has 0 saturated carbocycles. The fraction of sp³-hybridized carbons (Fsp3) is 0.786. The van der Waals surface area contributed by atoms with Crippen LogP contribution in [0.5, 0.6) is 0 Å². The van der Waals surface area contributed by atoms with Crippen molar-refractivity contribution in [3.63, 3.8) is 0 Å². The summed E-state index contributed by atoms with van der Waals surface area (Å²) in [4.78, 5) is 17.4. The number of methoxy groups -OCH3 is 6. The Hall–Kier alpha value is -1.87. The molecule has 4 N–H and O–H groups in total. The minimum Gasteiger partial charge on any atom is -0.368 e. The Bertz CT molecular complexity index is 587. The van der Waals surface area contributed by atoms with E-state index >= 15 is 0 Å². The van der Waals surface area contributed by atoms with Crippen molar-refractivity contribution in [3.8, 4) is 0 Å². The van der Waals surface area contributed by atoms with Crippen LogP contribution in [0.25, 0.3) is 0 Å². The first kappa shape index (κ1) is 23.2. The zero-order valence-electron chi connectivity index (χ0n) is 16.8. The number of anilines is 3. The molecule has 1 aromatic rings. The van der Waals surface area contributed by atoms with Crippen molar-refractivity contribution >= 4 is 17.8 Å². The lowest BCUT2D eigenvalue weighted by Gasteiger charge is -2.51. The molecular weight excluding hydrogens is 364 g/mol. The van der Waals surface area contributed by atoms with Crippen LogP contribution >= 0.6 is 0 Å². The molecule has 13 nitrogen and oxygen atoms in total. The number of nitrogens with two attached hydrogens (primary N) is 2. The molecule has 0 unspecified atom stereocenters. The molecule has 0 fully saturated rings. The van der Waals surface area contributed by atoms with Crippen LogP contribution in [0.1, 0.15) is 6.92 Å². The third kappa shape index (κ3) is 3.89. The fourth-order valence-electron chi connectivity index (χ4n) is 2.58. The number of ether oxygens (including phenoxy) is 6. The molecule has 27 heavy (non-hydrogen) atoms. The molecule has 0 aliphatic carbocycles. The first-order valence-corrected chi connectivity index (χ1v) is 7.65. The third-order valence-electron chi connectivity index (χ3n) is 4.09. The van der Waals surface area contributed by atoms with Crippen molar-refractivity contribution in [3.05, 3.63) is 0 Å². The van der Waals surface area contributed by atoms with Crippen LogP contribution in [-0.2, 0) is 33.3 Å². The van der Waals surface area contributed by atoms with Crippen LogP contribution in [0.3, 0.4) is 0 Å². The highest BCUT2D eigenvalue weighted by Gasteiger charge is 2.70. The first-order valence-electron chi connectivity index (χ1n) is 7.65. The Balaban J connectivity index is 3.48. The van der Waals surface area contributed by atoms with Gasteiger partial charge >= 0.3 is 11.8 Å². The number of hydrogen-bond donors (Lipinski definition) is 2. The largest absolute Gasteiger partial charge is 0.368 e. The van der Waals surface area contributed by atoms with Crippen LogP contribution < -0.4 is 16.5 Å². The minimum absolute atomic E-state index is 0.0175. The highest BCUT2D eigenvalue weighted by molar-refractivity contribution is 5.37. The smallest absolute Gasteiger partial charge is 0.366 e. The molecule has 156 valence electrons. The van der Waals surface area contributed by atoms with Crippen LogP contribution in [0.15, 0.2) is 0 Å². The van der Waals surface area contributed by atoms with Crippen molar-refractivity contribution in [2.75, 3.05) is 66.2 Å². The van der Waals surface area contributed by atoms with Gasteiger partial charge in [0.1, 0.15) is 0 Å². The number of nitrogens with zero attached hydrogens (tertiary/aromatic N) is 4. The van der Waals surface area contributed by atoms with E-state index in [0.717, 1.165) is 5.06 Å². The van der Waals surface area contributed by atoms with Gasteiger partial charge in [0.15, 0.2) is 0 Å². The second-order valence-electron chi connectivity index (χ2n) is 5.28. The topological polar surface area (TPSA) is 159 Å². The number of aromatic nitrogens is 3. The predicted molar refractivity (Wildman–Crippen MR) is 94.1 cm³/mol. The van der Waals surface area contributed by atoms with Gasteiger partial charge in [-0.25, -0.2) is 9.90 Å². The maximum atomic E-state index is 5.84. The highest BCUT2D eigenvalue weighted by Crippen LogP contribution is 2.43. The molecule has 0 spiro atoms. The molecule has 0 aromatic carbocycles. The van der Waals surface area contributed by atoms with E-state index in [1.807, 2.05) is 0 Å². The van der Waals surface area contributed by atoms with E-state index in [-0.39, 0.29) is 17.8 Å². The lowest BCUT2D eigenvalue weighted by atomic mass is 10.0. The van der Waals surface area contributed by atoms with E-state index in [9.17, 15) is 0 Å². The van der Waals surface area contributed by atoms with E-state index in [2.05, 4.69) is 15.0 Å². The lowest BCUT2D eigenvalue weighted by molar-refractivity contribution is -0.535. The minimum atomic E-state index is -2.05. The summed E-state index contributed by atoms with van der Waals surface area (Å²) in [5, 5.41) is 1.10. The summed E-state index contributed by atoms with van der Waals surface area (Å²) in [6.07, 6.45) is 0. The van der Waals surface area contributed by atoms with E-state index in [4.69, 9.17) is 44.7 Å². The summed E-state index contributed by atoms with van der Waals surface area (Å²) in [5.74, 6) is -5.70. The van der Waals surface area contributed by atoms with Crippen molar-refractivity contribution in [1.29, 1.82) is 0 Å². The van der Waals surface area contributed by atoms with Gasteiger partial charge in [-0.3, -0.25) is 0 Å². The summed E-state index contributed by atoms with van der Waals surface area (Å²) in [6.45, 7) is 1.55. The fourth-order valence-corrected chi connectivity index (χ4v) is 2.58. The highest BCUT2D eigenvalue weighted by atomic mass is 17.0. The normalized spacial score (nSPS) is 13.0. The Morgan fingerprint density at radius 1 is 0.741 bits per heavy atom. The maximum Gasteiger partial charge on any atom is 0.366 e. The number of hydroxylamine groups is 1. The molecule has 0 radical (unpaired) electrons. The average Bonchev–Trinajstić information content (AvgIpc) is 2.66. The molecule has 0 aliphatic heterocycles. The third-order valence-corrected chi connectivity index (χ3v) is 4.09. The molecular formula is C14H28N6O7. The Morgan fingerprint density at radius 2 is 1.19 bits per heavy atom. The van der Waals surface area contributed by atoms with E-state index in [1.54, 1.807) is 6.92 Å². The van der Waals surface area contributed by atoms with Crippen molar-refractivity contribution in [1.82, 2.24) is 15.0 Å². The SMILES string of the molecule is COC(C)(OC)C(OC)(OC)C(OC)(OC)ON(C)c1nc(N)nc(N)n1. The Kier molecular flexibility index (Phi) is 7.62. The molecule has 0 saturated heterocycles. The van der Waals surface area contributed by atoms with Gasteiger partial charge in [-0.15, -0.1) is 0 Å². The molecule has 0 atom stereocenters. The molecule has 1 heterocycles. The monoisotopic (exact) mass is 392 g/mol. The van der Waals surface area contributed by atoms with Crippen LogP contribution in [0.2, 0.25) is 0 Å². The number of rotatable bonds is 11. The first-order chi connectivity index (χ1) is 12.6. The molecule has 0 bridgehead atoms. The van der Waals surface area contributed by atoms with Crippen LogP contribution in [-0.4, -0.2) is 82.2 Å². The molecule has 0 amide bonds. The van der Waals surface area contributed by atoms with E-state index in [0.29, 0.717) is 0 Å². The quantitative estimate of drug-likeness (QED) is 0.361. The summed E-state index contributed by atoms with van der Waals surface area (Å²) < 4.78 is 33.1. The maximum absolute atomic E-state index is 5.84. The molecule has 1 rings (SSSR count). The molecule has 13 heteroatoms. The lowest BCUT2D eigenvalue weighted by Crippen LogP contribution is -2.73. The van der Waals surface area contributed by atoms with Gasteiger partial charge in [-0.2, -0.15) is 15.0 Å². The number of hydrogen-bond acceptors (Lipinski definition) is 13. The van der Waals surface area contributed by atoms with Crippen molar-refractivity contribution < 1.29 is 33.3 Å². The zero-order chi connectivity index (χ0) is 20.9. The second-order valence-corrected chi connectivity index (χ2v) is 5.28. The number of nitrogen functional groups attached to an aromatic ring is 2. The van der Waals surface area contributed by atoms with Gasteiger partial charge in [0.05, 0.1) is 0 Å². The Labute approximate surface area is 157 Å². The predicted octanol–water partition coefficient (Wildman–Crippen LogP) is -0.651. The Morgan fingerprint density at radius 3 is 1.52 bits per heavy atom. The van der Waals surface area contributed by atoms with E-state index in [1.165, 1.54) is 49.7 Å². The van der Waals surface area contributed by atoms with Crippen LogP contribution in [0, 0.1) is 0 Å². The summed E-state index contributed by atoms with van der Waals surface area (Å²) in [5.41, 5.74) is 11.2. The van der Waals surface area contributed by atoms with Gasteiger partial charge < -0.3 is 39.9 Å². The molecule has 1 aromatic heterocycles. The van der Waals surface area contributed by atoms with Gasteiger partial charge in [-0.1, -0.05) is 0 Å². The van der Waals surface area contributed by atoms with Gasteiger partial charge in [-0.05, 0) is 6.92 Å². The van der Waals surface area contributed by atoms with E-state index < -0.39 is 17.5 Å². The van der Waals surface area contributed by atoms with Crippen molar-refractivity contribution in [2.45, 2.75) is 24.5 Å². The van der Waals surface area contributed by atoms with Gasteiger partial charge in [0.2, 0.25) is 17.7 Å². The summed E-state index contributed by atoms with van der Waals surface area (Å²) in [6, 6.07) is 0. The summed E-state index contributed by atoms with van der Waals surface area (Å²) >= 11 is 0. The average molecular weight is 392 g/mol. The van der Waals surface area contributed by atoms with Gasteiger partial charge in [0, 0.05) is 49.7 Å². The second kappa shape index (κ2) is 8.88. The standard InChI is InChI=1S/C14H28N6O7/c1-12(21-3,22-4)13(23-5,24-6)14(25-7,26-8)27-20(2)11-18-9(15)17-10(16)19-11/h1-8H3,(H4,15,16,17,18,19). The van der Waals surface area contributed by atoms with Crippen molar-refractivity contribution in [2.24, 2.45) is 0 Å². The van der Waals surface area contributed by atoms with Crippen LogP contribution in [0.4, 0.5) is 17.8 Å². The summed E-state index contributed by atoms with van der Waals surface area (Å²) in [7, 11) is 9.56. The molecule has 0 aliphatic rings.